The second-order valence-corrected chi connectivity index (χ2v) is 19.0. The van der Waals surface area contributed by atoms with E-state index in [4.69, 9.17) is 18.9 Å². The first-order valence-corrected chi connectivity index (χ1v) is 20.3. The average Bonchev–Trinajstić information content (AvgIpc) is 3.45. The Bertz CT molecular complexity index is 1210. The van der Waals surface area contributed by atoms with Crippen LogP contribution in [0.2, 0.25) is 0 Å². The molecule has 8 saturated carbocycles. The lowest BCUT2D eigenvalue weighted by atomic mass is 9.48. The molecular formula is C42H68O8. The van der Waals surface area contributed by atoms with Crippen LogP contribution in [0.25, 0.3) is 0 Å². The second kappa shape index (κ2) is 15.1. The Kier molecular flexibility index (Phi) is 11.8. The maximum Gasteiger partial charge on any atom is 0.347 e. The lowest BCUT2D eigenvalue weighted by Crippen LogP contribution is -2.58. The maximum absolute atomic E-state index is 12.1. The zero-order valence-electron chi connectivity index (χ0n) is 32.8. The number of carbonyl (C=O) groups is 4. The lowest BCUT2D eigenvalue weighted by molar-refractivity contribution is -0.206. The Morgan fingerprint density at radius 1 is 0.780 bits per heavy atom. The van der Waals surface area contributed by atoms with Crippen LogP contribution in [-0.4, -0.2) is 47.8 Å². The first-order valence-electron chi connectivity index (χ1n) is 20.3. The summed E-state index contributed by atoms with van der Waals surface area (Å²) in [4.78, 5) is 46.9. The first kappa shape index (κ1) is 39.1. The smallest absolute Gasteiger partial charge is 0.347 e. The molecule has 0 radical (unpaired) electrons. The van der Waals surface area contributed by atoms with Gasteiger partial charge in [-0.2, -0.15) is 0 Å². The molecular weight excluding hydrogens is 632 g/mol. The van der Waals surface area contributed by atoms with Crippen molar-refractivity contribution >= 4 is 23.9 Å². The van der Waals surface area contributed by atoms with Crippen molar-refractivity contribution in [3.63, 3.8) is 0 Å². The number of hydrogen-bond acceptors (Lipinski definition) is 8. The number of rotatable bonds is 9. The lowest BCUT2D eigenvalue weighted by Gasteiger charge is -2.60. The SMILES string of the molecule is CCC(C)(C)C(=O)OC1CCOC1=O.CCC(C)C(=O)OC1(C)C2CC3CC(C2)CC1C3.CCC(C)C(=O)OC12CC3CC(CC(C)(C3)C1)C2. The van der Waals surface area contributed by atoms with Crippen molar-refractivity contribution < 1.29 is 38.1 Å². The Labute approximate surface area is 302 Å². The molecule has 8 heteroatoms. The van der Waals surface area contributed by atoms with Crippen LogP contribution in [0.5, 0.6) is 0 Å². The molecule has 0 spiro atoms. The van der Waals surface area contributed by atoms with Crippen molar-refractivity contribution in [1.29, 1.82) is 0 Å². The van der Waals surface area contributed by atoms with Crippen molar-refractivity contribution in [3.05, 3.63) is 0 Å². The molecule has 5 atom stereocenters. The zero-order chi connectivity index (χ0) is 36.6. The van der Waals surface area contributed by atoms with Gasteiger partial charge in [-0.05, 0) is 152 Å². The molecule has 9 fully saturated rings. The molecule has 9 aliphatic rings. The highest BCUT2D eigenvalue weighted by Gasteiger charge is 2.58. The molecule has 1 heterocycles. The largest absolute Gasteiger partial charge is 0.463 e. The van der Waals surface area contributed by atoms with Gasteiger partial charge in [0.25, 0.3) is 0 Å². The van der Waals surface area contributed by atoms with Gasteiger partial charge >= 0.3 is 23.9 Å². The summed E-state index contributed by atoms with van der Waals surface area (Å²) >= 11 is 0. The number of hydrogen-bond donors (Lipinski definition) is 0. The van der Waals surface area contributed by atoms with Gasteiger partial charge in [0.05, 0.1) is 23.9 Å². The highest BCUT2D eigenvalue weighted by molar-refractivity contribution is 5.82. The fourth-order valence-corrected chi connectivity index (χ4v) is 11.0. The van der Waals surface area contributed by atoms with Crippen LogP contribution in [0.4, 0.5) is 0 Å². The molecule has 0 N–H and O–H groups in total. The van der Waals surface area contributed by atoms with Crippen molar-refractivity contribution in [2.75, 3.05) is 6.61 Å². The van der Waals surface area contributed by atoms with E-state index < -0.39 is 17.5 Å². The third-order valence-electron chi connectivity index (χ3n) is 14.3. The summed E-state index contributed by atoms with van der Waals surface area (Å²) in [7, 11) is 0. The van der Waals surface area contributed by atoms with E-state index in [1.165, 1.54) is 51.4 Å². The minimum Gasteiger partial charge on any atom is -0.463 e. The van der Waals surface area contributed by atoms with Crippen LogP contribution < -0.4 is 0 Å². The molecule has 1 saturated heterocycles. The van der Waals surface area contributed by atoms with E-state index in [1.54, 1.807) is 13.8 Å². The molecule has 0 aromatic rings. The topological polar surface area (TPSA) is 105 Å². The summed E-state index contributed by atoms with van der Waals surface area (Å²) in [6.07, 6.45) is 16.4. The van der Waals surface area contributed by atoms with Gasteiger partial charge < -0.3 is 18.9 Å². The van der Waals surface area contributed by atoms with E-state index in [2.05, 4.69) is 27.7 Å². The fraction of sp³-hybridized carbons (Fsp3) is 0.905. The number of carbonyl (C=O) groups excluding carboxylic acids is 4. The van der Waals surface area contributed by atoms with Gasteiger partial charge in [0.2, 0.25) is 6.10 Å². The van der Waals surface area contributed by atoms with Gasteiger partial charge in [0, 0.05) is 6.42 Å². The first-order chi connectivity index (χ1) is 23.4. The summed E-state index contributed by atoms with van der Waals surface area (Å²) in [6, 6.07) is 0. The molecule has 50 heavy (non-hydrogen) atoms. The van der Waals surface area contributed by atoms with E-state index in [1.807, 2.05) is 20.8 Å². The summed E-state index contributed by atoms with van der Waals surface area (Å²) in [5.74, 6) is 4.23. The van der Waals surface area contributed by atoms with E-state index in [-0.39, 0.29) is 40.9 Å². The minimum absolute atomic E-state index is 0.0347. The standard InChI is InChI=1S/2C16H26O2.C10H16O4/c1-4-11(2)14(17)18-16-8-12-5-13(9-16)7-15(3,6-12)10-16;1-4-10(2)15(17)18-16(3)13-6-11-5-12(8-13)9-14(16)7-11;1-4-10(2,3)9(12)14-7-5-6-13-8(7)11/h11-13H,4-10H2,1-3H3;10-14H,4-9H2,1-3H3;7H,4-6H2,1-3H3. The van der Waals surface area contributed by atoms with E-state index in [9.17, 15) is 19.2 Å². The van der Waals surface area contributed by atoms with Crippen LogP contribution >= 0.6 is 0 Å². The molecule has 8 aliphatic carbocycles. The Morgan fingerprint density at radius 2 is 1.28 bits per heavy atom. The Balaban J connectivity index is 0.000000147. The van der Waals surface area contributed by atoms with E-state index in [0.29, 0.717) is 36.7 Å². The molecule has 8 nitrogen and oxygen atoms in total. The summed E-state index contributed by atoms with van der Waals surface area (Å²) in [6.45, 7) is 18.6. The number of cyclic esters (lactones) is 1. The molecule has 1 aliphatic heterocycles. The molecule has 0 amide bonds. The van der Waals surface area contributed by atoms with Crippen LogP contribution in [0.15, 0.2) is 0 Å². The van der Waals surface area contributed by atoms with Crippen molar-refractivity contribution in [3.8, 4) is 0 Å². The third kappa shape index (κ3) is 8.40. The van der Waals surface area contributed by atoms with E-state index >= 15 is 0 Å². The fourth-order valence-electron chi connectivity index (χ4n) is 11.0. The van der Waals surface area contributed by atoms with Gasteiger partial charge in [-0.15, -0.1) is 0 Å². The van der Waals surface area contributed by atoms with Crippen molar-refractivity contribution in [1.82, 2.24) is 0 Å². The van der Waals surface area contributed by atoms with Crippen LogP contribution in [0.1, 0.15) is 159 Å². The highest BCUT2D eigenvalue weighted by atomic mass is 16.6. The predicted molar refractivity (Wildman–Crippen MR) is 192 cm³/mol. The van der Waals surface area contributed by atoms with Crippen molar-refractivity contribution in [2.24, 2.45) is 58.2 Å². The molecule has 9 rings (SSSR count). The summed E-state index contributed by atoms with van der Waals surface area (Å²) < 4.78 is 21.8. The van der Waals surface area contributed by atoms with Crippen LogP contribution in [-0.2, 0) is 38.1 Å². The van der Waals surface area contributed by atoms with Crippen molar-refractivity contribution in [2.45, 2.75) is 176 Å². The Hall–Kier alpha value is -2.12. The van der Waals surface area contributed by atoms with Gasteiger partial charge in [0.1, 0.15) is 11.2 Å². The van der Waals surface area contributed by atoms with Gasteiger partial charge in [-0.1, -0.05) is 41.5 Å². The zero-order valence-corrected chi connectivity index (χ0v) is 32.8. The molecule has 0 aromatic carbocycles. The van der Waals surface area contributed by atoms with Gasteiger partial charge in [-0.25, -0.2) is 4.79 Å². The van der Waals surface area contributed by atoms with Gasteiger partial charge in [0.15, 0.2) is 0 Å². The minimum atomic E-state index is -0.687. The average molecular weight is 701 g/mol. The molecule has 0 aromatic heterocycles. The van der Waals surface area contributed by atoms with Crippen LogP contribution in [0.3, 0.4) is 0 Å². The third-order valence-corrected chi connectivity index (χ3v) is 14.3. The summed E-state index contributed by atoms with van der Waals surface area (Å²) in [5, 5.41) is 0. The normalized spacial score (nSPS) is 40.0. The van der Waals surface area contributed by atoms with Crippen LogP contribution in [0, 0.1) is 58.2 Å². The predicted octanol–water partition coefficient (Wildman–Crippen LogP) is 9.01. The quantitative estimate of drug-likeness (QED) is 0.173. The number of ether oxygens (including phenoxy) is 4. The molecule has 5 unspecified atom stereocenters. The Morgan fingerprint density at radius 3 is 1.72 bits per heavy atom. The molecule has 284 valence electrons. The number of esters is 4. The monoisotopic (exact) mass is 700 g/mol. The van der Waals surface area contributed by atoms with E-state index in [0.717, 1.165) is 55.8 Å². The van der Waals surface area contributed by atoms with Gasteiger partial charge in [-0.3, -0.25) is 14.4 Å². The highest BCUT2D eigenvalue weighted by Crippen LogP contribution is 2.63. The maximum atomic E-state index is 12.1. The second-order valence-electron chi connectivity index (χ2n) is 19.0. The molecule has 8 bridgehead atoms. The summed E-state index contributed by atoms with van der Waals surface area (Å²) in [5.41, 5.74) is -0.296.